The van der Waals surface area contributed by atoms with E-state index in [-0.39, 0.29) is 6.10 Å². The molecular formula is C14H18BrNO4. The zero-order chi connectivity index (χ0) is 14.7. The van der Waals surface area contributed by atoms with E-state index in [9.17, 15) is 4.79 Å². The van der Waals surface area contributed by atoms with Crippen LogP contribution in [0.4, 0.5) is 0 Å². The molecule has 1 aliphatic rings. The lowest BCUT2D eigenvalue weighted by molar-refractivity contribution is -0.138. The molecule has 1 fully saturated rings. The number of carboxylic acid groups (broad SMARTS) is 1. The molecule has 20 heavy (non-hydrogen) atoms. The second-order valence-electron chi connectivity index (χ2n) is 4.87. The van der Waals surface area contributed by atoms with Crippen LogP contribution >= 0.6 is 15.9 Å². The number of hydrogen-bond donors (Lipinski definition) is 2. The maximum atomic E-state index is 11.0. The maximum absolute atomic E-state index is 11.0. The molecule has 1 aromatic carbocycles. The van der Waals surface area contributed by atoms with Gasteiger partial charge in [0.2, 0.25) is 0 Å². The molecule has 0 amide bonds. The number of aliphatic carboxylic acids is 1. The van der Waals surface area contributed by atoms with Crippen LogP contribution in [0.2, 0.25) is 0 Å². The summed E-state index contributed by atoms with van der Waals surface area (Å²) in [4.78, 5) is 11.0. The first kappa shape index (κ1) is 15.1. The van der Waals surface area contributed by atoms with Crippen molar-refractivity contribution in [3.63, 3.8) is 0 Å². The van der Waals surface area contributed by atoms with Gasteiger partial charge in [-0.3, -0.25) is 4.79 Å². The fraction of sp³-hybridized carbons (Fsp3) is 0.500. The van der Waals surface area contributed by atoms with Gasteiger partial charge in [0.25, 0.3) is 0 Å². The minimum Gasteiger partial charge on any atom is -0.492 e. The Labute approximate surface area is 126 Å². The molecule has 1 unspecified atom stereocenters. The number of methoxy groups -OCH3 is 1. The van der Waals surface area contributed by atoms with Crippen molar-refractivity contribution in [2.24, 2.45) is 5.73 Å². The van der Waals surface area contributed by atoms with Crippen LogP contribution < -0.4 is 15.2 Å². The maximum Gasteiger partial charge on any atom is 0.325 e. The summed E-state index contributed by atoms with van der Waals surface area (Å²) in [5.41, 5.74) is 6.14. The van der Waals surface area contributed by atoms with Crippen molar-refractivity contribution in [1.82, 2.24) is 0 Å². The van der Waals surface area contributed by atoms with Crippen molar-refractivity contribution in [2.45, 2.75) is 37.8 Å². The second kappa shape index (κ2) is 6.45. The van der Waals surface area contributed by atoms with E-state index >= 15 is 0 Å². The molecule has 3 N–H and O–H groups in total. The Morgan fingerprint density at radius 2 is 2.10 bits per heavy atom. The number of carboxylic acids is 1. The summed E-state index contributed by atoms with van der Waals surface area (Å²) in [6.45, 7) is 0. The van der Waals surface area contributed by atoms with Gasteiger partial charge in [-0.25, -0.2) is 0 Å². The zero-order valence-corrected chi connectivity index (χ0v) is 12.9. The lowest BCUT2D eigenvalue weighted by atomic mass is 10.1. The fourth-order valence-electron chi connectivity index (χ4n) is 2.38. The lowest BCUT2D eigenvalue weighted by Gasteiger charge is -2.19. The molecule has 1 saturated carbocycles. The smallest absolute Gasteiger partial charge is 0.325 e. The summed E-state index contributed by atoms with van der Waals surface area (Å²) in [6.07, 6.45) is 4.49. The normalized spacial score (nSPS) is 16.9. The van der Waals surface area contributed by atoms with E-state index in [1.807, 2.05) is 0 Å². The van der Waals surface area contributed by atoms with E-state index in [2.05, 4.69) is 15.9 Å². The van der Waals surface area contributed by atoms with Gasteiger partial charge in [0.15, 0.2) is 11.5 Å². The average Bonchev–Trinajstić information content (AvgIpc) is 2.90. The van der Waals surface area contributed by atoms with Gasteiger partial charge in [0.05, 0.1) is 17.7 Å². The minimum atomic E-state index is -1.08. The Kier molecular flexibility index (Phi) is 4.88. The molecule has 110 valence electrons. The molecule has 0 saturated heterocycles. The van der Waals surface area contributed by atoms with Gasteiger partial charge in [0, 0.05) is 0 Å². The van der Waals surface area contributed by atoms with Gasteiger partial charge in [-0.15, -0.1) is 0 Å². The van der Waals surface area contributed by atoms with Gasteiger partial charge in [-0.1, -0.05) is 0 Å². The second-order valence-corrected chi connectivity index (χ2v) is 5.73. The molecule has 0 heterocycles. The largest absolute Gasteiger partial charge is 0.492 e. The highest BCUT2D eigenvalue weighted by Crippen LogP contribution is 2.39. The predicted molar refractivity (Wildman–Crippen MR) is 78.1 cm³/mol. The molecule has 0 spiro atoms. The third-order valence-corrected chi connectivity index (χ3v) is 4.05. The standard InChI is InChI=1S/C14H18BrNO4/c1-19-13-10(15)6-8(12(16)14(17)18)7-11(13)20-9-4-2-3-5-9/h6-7,9,12H,2-5,16H2,1H3,(H,17,18). The first-order valence-corrected chi connectivity index (χ1v) is 7.34. The summed E-state index contributed by atoms with van der Waals surface area (Å²) in [6, 6.07) is 2.22. The molecule has 5 nitrogen and oxygen atoms in total. The number of ether oxygens (including phenoxy) is 2. The molecule has 0 aromatic heterocycles. The zero-order valence-electron chi connectivity index (χ0n) is 11.3. The van der Waals surface area contributed by atoms with Crippen LogP contribution in [0.15, 0.2) is 16.6 Å². The molecular weight excluding hydrogens is 326 g/mol. The first-order chi connectivity index (χ1) is 9.52. The topological polar surface area (TPSA) is 81.8 Å². The van der Waals surface area contributed by atoms with Gasteiger partial charge in [0.1, 0.15) is 6.04 Å². The lowest BCUT2D eigenvalue weighted by Crippen LogP contribution is -2.21. The predicted octanol–water partition coefficient (Wildman–Crippen LogP) is 2.86. The Bertz CT molecular complexity index is 500. The van der Waals surface area contributed by atoms with Crippen molar-refractivity contribution in [2.75, 3.05) is 7.11 Å². The Hall–Kier alpha value is -1.27. The molecule has 0 bridgehead atoms. The van der Waals surface area contributed by atoms with Crippen LogP contribution in [0, 0.1) is 0 Å². The average molecular weight is 344 g/mol. The summed E-state index contributed by atoms with van der Waals surface area (Å²) in [7, 11) is 1.55. The Morgan fingerprint density at radius 1 is 1.45 bits per heavy atom. The molecule has 1 aliphatic carbocycles. The number of hydrogen-bond acceptors (Lipinski definition) is 4. The third kappa shape index (κ3) is 3.24. The number of nitrogens with two attached hydrogens (primary N) is 1. The van der Waals surface area contributed by atoms with Crippen LogP contribution in [-0.4, -0.2) is 24.3 Å². The minimum absolute atomic E-state index is 0.159. The molecule has 0 aliphatic heterocycles. The van der Waals surface area contributed by atoms with Crippen molar-refractivity contribution >= 4 is 21.9 Å². The van der Waals surface area contributed by atoms with Gasteiger partial charge < -0.3 is 20.3 Å². The highest BCUT2D eigenvalue weighted by Gasteiger charge is 2.23. The van der Waals surface area contributed by atoms with Gasteiger partial charge >= 0.3 is 5.97 Å². The van der Waals surface area contributed by atoms with Crippen molar-refractivity contribution in [1.29, 1.82) is 0 Å². The van der Waals surface area contributed by atoms with Crippen molar-refractivity contribution < 1.29 is 19.4 Å². The van der Waals surface area contributed by atoms with E-state index in [1.54, 1.807) is 19.2 Å². The molecule has 1 aromatic rings. The molecule has 6 heteroatoms. The number of rotatable bonds is 5. The SMILES string of the molecule is COc1c(Br)cc(C(N)C(=O)O)cc1OC1CCCC1. The van der Waals surface area contributed by atoms with E-state index in [0.717, 1.165) is 25.7 Å². The van der Waals surface area contributed by atoms with E-state index in [1.165, 1.54) is 0 Å². The van der Waals surface area contributed by atoms with Crippen LogP contribution in [0.1, 0.15) is 37.3 Å². The van der Waals surface area contributed by atoms with Crippen molar-refractivity contribution in [3.05, 3.63) is 22.2 Å². The monoisotopic (exact) mass is 343 g/mol. The van der Waals surface area contributed by atoms with Crippen LogP contribution in [0.5, 0.6) is 11.5 Å². The number of carbonyl (C=O) groups is 1. The molecule has 1 atom stereocenters. The summed E-state index contributed by atoms with van der Waals surface area (Å²) >= 11 is 3.37. The number of benzene rings is 1. The Morgan fingerprint density at radius 3 is 2.65 bits per heavy atom. The highest BCUT2D eigenvalue weighted by molar-refractivity contribution is 9.10. The van der Waals surface area contributed by atoms with Crippen molar-refractivity contribution in [3.8, 4) is 11.5 Å². The first-order valence-electron chi connectivity index (χ1n) is 6.55. The molecule has 2 rings (SSSR count). The molecule has 0 radical (unpaired) electrons. The fourth-order valence-corrected chi connectivity index (χ4v) is 3.00. The quantitative estimate of drug-likeness (QED) is 0.858. The third-order valence-electron chi connectivity index (χ3n) is 3.46. The van der Waals surface area contributed by atoms with E-state index in [0.29, 0.717) is 21.5 Å². The summed E-state index contributed by atoms with van der Waals surface area (Å²) in [5.74, 6) is 0.0348. The van der Waals surface area contributed by atoms with Gasteiger partial charge in [-0.05, 0) is 59.3 Å². The van der Waals surface area contributed by atoms with E-state index < -0.39 is 12.0 Å². The highest BCUT2D eigenvalue weighted by atomic mass is 79.9. The van der Waals surface area contributed by atoms with Crippen LogP contribution in [0.25, 0.3) is 0 Å². The van der Waals surface area contributed by atoms with Crippen LogP contribution in [-0.2, 0) is 4.79 Å². The summed E-state index contributed by atoms with van der Waals surface area (Å²) in [5, 5.41) is 9.02. The Balaban J connectivity index is 2.33. The van der Waals surface area contributed by atoms with Crippen LogP contribution in [0.3, 0.4) is 0 Å². The number of halogens is 1. The summed E-state index contributed by atoms with van der Waals surface area (Å²) < 4.78 is 11.9. The van der Waals surface area contributed by atoms with Gasteiger partial charge in [-0.2, -0.15) is 0 Å². The van der Waals surface area contributed by atoms with E-state index in [4.69, 9.17) is 20.3 Å².